The summed E-state index contributed by atoms with van der Waals surface area (Å²) in [4.78, 5) is 0.164. The molecule has 1 aromatic heterocycles. The van der Waals surface area contributed by atoms with E-state index >= 15 is 0 Å². The van der Waals surface area contributed by atoms with Gasteiger partial charge in [0, 0.05) is 7.05 Å². The third kappa shape index (κ3) is 3.21. The van der Waals surface area contributed by atoms with Crippen molar-refractivity contribution in [3.05, 3.63) is 47.3 Å². The molecule has 1 heterocycles. The van der Waals surface area contributed by atoms with Gasteiger partial charge in [-0.25, -0.2) is 0 Å². The van der Waals surface area contributed by atoms with E-state index in [1.54, 1.807) is 42.1 Å². The number of nitrogens with zero attached hydrogens (tertiary/aromatic N) is 2. The Kier molecular flexibility index (Phi) is 3.73. The Bertz CT molecular complexity index is 672. The van der Waals surface area contributed by atoms with E-state index in [1.165, 1.54) is 0 Å². The zero-order chi connectivity index (χ0) is 14.0. The fraction of sp³-hybridized carbons (Fsp3) is 0.308. The highest BCUT2D eigenvalue weighted by atomic mass is 32.2. The Labute approximate surface area is 113 Å². The SMILES string of the molecule is Cc1ccc(S(=O)(=O)OCc2cc(C)nn2C)cc1. The second-order valence-electron chi connectivity index (χ2n) is 4.43. The van der Waals surface area contributed by atoms with Crippen LogP contribution in [-0.2, 0) is 28.0 Å². The second kappa shape index (κ2) is 5.14. The van der Waals surface area contributed by atoms with Gasteiger partial charge in [-0.15, -0.1) is 0 Å². The summed E-state index contributed by atoms with van der Waals surface area (Å²) < 4.78 is 30.6. The van der Waals surface area contributed by atoms with E-state index in [9.17, 15) is 8.42 Å². The molecule has 1 aromatic carbocycles. The van der Waals surface area contributed by atoms with Crippen LogP contribution >= 0.6 is 0 Å². The van der Waals surface area contributed by atoms with Gasteiger partial charge in [-0.1, -0.05) is 17.7 Å². The standard InChI is InChI=1S/C13H16N2O3S/c1-10-4-6-13(7-5-10)19(16,17)18-9-12-8-11(2)14-15(12)3/h4-8H,9H2,1-3H3. The molecule has 0 aliphatic rings. The average Bonchev–Trinajstić information content (AvgIpc) is 2.66. The van der Waals surface area contributed by atoms with Crippen LogP contribution in [0.15, 0.2) is 35.2 Å². The van der Waals surface area contributed by atoms with Crippen LogP contribution in [0.4, 0.5) is 0 Å². The molecule has 0 aliphatic heterocycles. The van der Waals surface area contributed by atoms with E-state index in [0.717, 1.165) is 11.3 Å². The molecule has 0 N–H and O–H groups in total. The van der Waals surface area contributed by atoms with Gasteiger partial charge >= 0.3 is 0 Å². The smallest absolute Gasteiger partial charge is 0.270 e. The highest BCUT2D eigenvalue weighted by Crippen LogP contribution is 2.15. The summed E-state index contributed by atoms with van der Waals surface area (Å²) in [5.74, 6) is 0. The van der Waals surface area contributed by atoms with Gasteiger partial charge in [-0.05, 0) is 32.0 Å². The maximum Gasteiger partial charge on any atom is 0.297 e. The topological polar surface area (TPSA) is 61.2 Å². The number of hydrogen-bond donors (Lipinski definition) is 0. The quantitative estimate of drug-likeness (QED) is 0.803. The maximum absolute atomic E-state index is 12.0. The molecule has 0 fully saturated rings. The van der Waals surface area contributed by atoms with Crippen molar-refractivity contribution in [2.75, 3.05) is 0 Å². The number of rotatable bonds is 4. The van der Waals surface area contributed by atoms with Crippen LogP contribution in [0.5, 0.6) is 0 Å². The Morgan fingerprint density at radius 2 is 1.84 bits per heavy atom. The molecule has 0 aliphatic carbocycles. The third-order valence-corrected chi connectivity index (χ3v) is 4.05. The van der Waals surface area contributed by atoms with Gasteiger partial charge in [0.1, 0.15) is 6.61 Å². The van der Waals surface area contributed by atoms with Crippen molar-refractivity contribution >= 4 is 10.1 Å². The van der Waals surface area contributed by atoms with Gasteiger partial charge < -0.3 is 0 Å². The normalized spacial score (nSPS) is 11.7. The first-order chi connectivity index (χ1) is 8.88. The molecule has 0 unspecified atom stereocenters. The molecule has 2 aromatic rings. The third-order valence-electron chi connectivity index (χ3n) is 2.77. The Morgan fingerprint density at radius 1 is 1.21 bits per heavy atom. The lowest BCUT2D eigenvalue weighted by Gasteiger charge is -2.06. The van der Waals surface area contributed by atoms with Gasteiger partial charge in [0.15, 0.2) is 0 Å². The fourth-order valence-corrected chi connectivity index (χ4v) is 2.59. The number of aryl methyl sites for hydroxylation is 3. The van der Waals surface area contributed by atoms with E-state index in [-0.39, 0.29) is 11.5 Å². The molecular weight excluding hydrogens is 264 g/mol. The van der Waals surface area contributed by atoms with E-state index in [2.05, 4.69) is 5.10 Å². The van der Waals surface area contributed by atoms with E-state index in [4.69, 9.17) is 4.18 Å². The van der Waals surface area contributed by atoms with Crippen LogP contribution in [0.25, 0.3) is 0 Å². The summed E-state index contributed by atoms with van der Waals surface area (Å²) in [5, 5.41) is 4.14. The van der Waals surface area contributed by atoms with Crippen LogP contribution < -0.4 is 0 Å². The zero-order valence-corrected chi connectivity index (χ0v) is 11.9. The van der Waals surface area contributed by atoms with Crippen molar-refractivity contribution in [3.63, 3.8) is 0 Å². The first-order valence-electron chi connectivity index (χ1n) is 5.84. The van der Waals surface area contributed by atoms with Crippen LogP contribution in [0.3, 0.4) is 0 Å². The molecule has 2 rings (SSSR count). The molecule has 19 heavy (non-hydrogen) atoms. The average molecular weight is 280 g/mol. The van der Waals surface area contributed by atoms with Crippen molar-refractivity contribution in [1.82, 2.24) is 9.78 Å². The summed E-state index contributed by atoms with van der Waals surface area (Å²) in [6.07, 6.45) is 0. The number of benzene rings is 1. The molecule has 0 radical (unpaired) electrons. The number of aromatic nitrogens is 2. The van der Waals surface area contributed by atoms with Gasteiger partial charge in [-0.2, -0.15) is 13.5 Å². The Hall–Kier alpha value is -1.66. The van der Waals surface area contributed by atoms with E-state index in [1.807, 2.05) is 13.8 Å². The van der Waals surface area contributed by atoms with Crippen molar-refractivity contribution in [1.29, 1.82) is 0 Å². The van der Waals surface area contributed by atoms with Crippen molar-refractivity contribution in [2.45, 2.75) is 25.3 Å². The summed E-state index contributed by atoms with van der Waals surface area (Å²) >= 11 is 0. The fourth-order valence-electron chi connectivity index (χ4n) is 1.71. The van der Waals surface area contributed by atoms with E-state index in [0.29, 0.717) is 5.69 Å². The van der Waals surface area contributed by atoms with Gasteiger partial charge in [-0.3, -0.25) is 8.86 Å². The molecule has 0 atom stereocenters. The Morgan fingerprint density at radius 3 is 2.37 bits per heavy atom. The van der Waals surface area contributed by atoms with Crippen molar-refractivity contribution in [2.24, 2.45) is 7.05 Å². The van der Waals surface area contributed by atoms with Gasteiger partial charge in [0.05, 0.1) is 16.3 Å². The van der Waals surface area contributed by atoms with E-state index < -0.39 is 10.1 Å². The highest BCUT2D eigenvalue weighted by molar-refractivity contribution is 7.86. The molecule has 0 bridgehead atoms. The first kappa shape index (κ1) is 13.8. The predicted octanol–water partition coefficient (Wildman–Crippen LogP) is 1.94. The minimum absolute atomic E-state index is 0.0203. The predicted molar refractivity (Wildman–Crippen MR) is 71.1 cm³/mol. The lowest BCUT2D eigenvalue weighted by atomic mass is 10.2. The molecular formula is C13H16N2O3S. The molecule has 0 saturated carbocycles. The first-order valence-corrected chi connectivity index (χ1v) is 7.25. The molecule has 6 heteroatoms. The maximum atomic E-state index is 12.0. The monoisotopic (exact) mass is 280 g/mol. The van der Waals surface area contributed by atoms with Crippen molar-refractivity contribution in [3.8, 4) is 0 Å². The summed E-state index contributed by atoms with van der Waals surface area (Å²) in [6.45, 7) is 3.72. The highest BCUT2D eigenvalue weighted by Gasteiger charge is 2.16. The van der Waals surface area contributed by atoms with Crippen LogP contribution in [0.1, 0.15) is 17.0 Å². The van der Waals surface area contributed by atoms with Crippen LogP contribution in [0, 0.1) is 13.8 Å². The zero-order valence-electron chi connectivity index (χ0n) is 11.1. The molecule has 102 valence electrons. The largest absolute Gasteiger partial charge is 0.297 e. The van der Waals surface area contributed by atoms with Gasteiger partial charge in [0.25, 0.3) is 10.1 Å². The molecule has 0 amide bonds. The second-order valence-corrected chi connectivity index (χ2v) is 6.05. The molecule has 0 spiro atoms. The summed E-state index contributed by atoms with van der Waals surface area (Å²) in [5.41, 5.74) is 2.54. The minimum atomic E-state index is -3.72. The van der Waals surface area contributed by atoms with Crippen LogP contribution in [0.2, 0.25) is 0 Å². The summed E-state index contributed by atoms with van der Waals surface area (Å²) in [6, 6.07) is 8.36. The lowest BCUT2D eigenvalue weighted by molar-refractivity contribution is 0.297. The minimum Gasteiger partial charge on any atom is -0.270 e. The molecule has 5 nitrogen and oxygen atoms in total. The van der Waals surface area contributed by atoms with Gasteiger partial charge in [0.2, 0.25) is 0 Å². The summed E-state index contributed by atoms with van der Waals surface area (Å²) in [7, 11) is -1.97. The Balaban J connectivity index is 2.14. The number of hydrogen-bond acceptors (Lipinski definition) is 4. The lowest BCUT2D eigenvalue weighted by Crippen LogP contribution is -2.08. The molecule has 0 saturated heterocycles. The van der Waals surface area contributed by atoms with Crippen LogP contribution in [-0.4, -0.2) is 18.2 Å². The van der Waals surface area contributed by atoms with Crippen molar-refractivity contribution < 1.29 is 12.6 Å².